The van der Waals surface area contributed by atoms with E-state index < -0.39 is 47.7 Å². The highest BCUT2D eigenvalue weighted by Gasteiger charge is 2.53. The largest absolute Gasteiger partial charge is 0.495 e. The lowest BCUT2D eigenvalue weighted by Crippen LogP contribution is -2.41. The van der Waals surface area contributed by atoms with Crippen LogP contribution in [0.5, 0.6) is 0 Å². The van der Waals surface area contributed by atoms with E-state index in [1.165, 1.54) is 6.07 Å². The second-order valence-electron chi connectivity index (χ2n) is 8.42. The van der Waals surface area contributed by atoms with Crippen LogP contribution in [0.2, 0.25) is 0 Å². The highest BCUT2D eigenvalue weighted by molar-refractivity contribution is 6.62. The van der Waals surface area contributed by atoms with E-state index in [0.717, 1.165) is 30.3 Å². The Labute approximate surface area is 181 Å². The van der Waals surface area contributed by atoms with Gasteiger partial charge in [0.2, 0.25) is 0 Å². The lowest BCUT2D eigenvalue weighted by atomic mass is 9.75. The Morgan fingerprint density at radius 1 is 0.875 bits per heavy atom. The first-order chi connectivity index (χ1) is 14.5. The van der Waals surface area contributed by atoms with E-state index in [1.54, 1.807) is 27.7 Å². The van der Waals surface area contributed by atoms with Crippen LogP contribution in [0.1, 0.15) is 49.2 Å². The van der Waals surface area contributed by atoms with E-state index in [4.69, 9.17) is 9.31 Å². The van der Waals surface area contributed by atoms with Crippen molar-refractivity contribution in [2.45, 2.75) is 51.2 Å². The van der Waals surface area contributed by atoms with Gasteiger partial charge < -0.3 is 14.6 Å². The van der Waals surface area contributed by atoms with Crippen LogP contribution in [0, 0.1) is 0 Å². The summed E-state index contributed by atoms with van der Waals surface area (Å²) >= 11 is 0. The molecule has 1 aliphatic heterocycles. The van der Waals surface area contributed by atoms with Crippen LogP contribution in [-0.2, 0) is 21.7 Å². The number of rotatable bonds is 3. The van der Waals surface area contributed by atoms with Crippen LogP contribution >= 0.6 is 0 Å². The first-order valence-electron chi connectivity index (χ1n) is 9.57. The Morgan fingerprint density at radius 2 is 1.47 bits per heavy atom. The van der Waals surface area contributed by atoms with Gasteiger partial charge in [-0.2, -0.15) is 26.3 Å². The molecule has 0 spiro atoms. The summed E-state index contributed by atoms with van der Waals surface area (Å²) in [7, 11) is -1.36. The Hall–Kier alpha value is -2.53. The third-order valence-corrected chi connectivity index (χ3v) is 5.57. The van der Waals surface area contributed by atoms with Crippen molar-refractivity contribution >= 4 is 24.2 Å². The molecule has 0 bridgehead atoms. The molecule has 1 saturated heterocycles. The Kier molecular flexibility index (Phi) is 5.88. The van der Waals surface area contributed by atoms with Crippen molar-refractivity contribution in [3.05, 3.63) is 59.2 Å². The zero-order chi connectivity index (χ0) is 24.1. The van der Waals surface area contributed by atoms with Crippen molar-refractivity contribution in [1.29, 1.82) is 0 Å². The van der Waals surface area contributed by atoms with Crippen LogP contribution in [0.3, 0.4) is 0 Å². The van der Waals surface area contributed by atoms with Crippen molar-refractivity contribution in [2.75, 3.05) is 5.32 Å². The zero-order valence-corrected chi connectivity index (χ0v) is 17.6. The van der Waals surface area contributed by atoms with Crippen LogP contribution < -0.4 is 10.8 Å². The second-order valence-corrected chi connectivity index (χ2v) is 8.42. The standard InChI is InChI=1S/C21H20BF6NO3/c1-18(2)19(3,4)32-22(31-18)16-11-14(8-9-15(16)21(26,27)28)29-17(30)12-6-5-7-13(10-12)20(23,24)25/h5-11H,1-4H3,(H,29,30). The highest BCUT2D eigenvalue weighted by atomic mass is 19.4. The van der Waals surface area contributed by atoms with Gasteiger partial charge in [-0.3, -0.25) is 4.79 Å². The van der Waals surface area contributed by atoms with E-state index in [-0.39, 0.29) is 16.7 Å². The number of hydrogen-bond acceptors (Lipinski definition) is 3. The maximum Gasteiger partial charge on any atom is 0.495 e. The molecule has 0 aliphatic carbocycles. The van der Waals surface area contributed by atoms with E-state index in [9.17, 15) is 31.1 Å². The number of alkyl halides is 6. The van der Waals surface area contributed by atoms with Gasteiger partial charge in [-0.25, -0.2) is 0 Å². The monoisotopic (exact) mass is 459 g/mol. The SMILES string of the molecule is CC1(C)OB(c2cc(NC(=O)c3cccc(C(F)(F)F)c3)ccc2C(F)(F)F)OC1(C)C. The van der Waals surface area contributed by atoms with Crippen molar-refractivity contribution in [1.82, 2.24) is 0 Å². The van der Waals surface area contributed by atoms with Gasteiger partial charge in [0.25, 0.3) is 5.91 Å². The molecule has 3 rings (SSSR count). The molecule has 32 heavy (non-hydrogen) atoms. The van der Waals surface area contributed by atoms with E-state index >= 15 is 0 Å². The summed E-state index contributed by atoms with van der Waals surface area (Å²) in [5.74, 6) is -0.907. The maximum absolute atomic E-state index is 13.6. The highest BCUT2D eigenvalue weighted by Crippen LogP contribution is 2.38. The van der Waals surface area contributed by atoms with E-state index in [0.29, 0.717) is 6.07 Å². The quantitative estimate of drug-likeness (QED) is 0.503. The van der Waals surface area contributed by atoms with Gasteiger partial charge in [-0.05, 0) is 69.6 Å². The van der Waals surface area contributed by atoms with Gasteiger partial charge in [0.15, 0.2) is 0 Å². The molecule has 0 saturated carbocycles. The zero-order valence-electron chi connectivity index (χ0n) is 17.6. The fourth-order valence-electron chi connectivity index (χ4n) is 3.10. The summed E-state index contributed by atoms with van der Waals surface area (Å²) in [6.45, 7) is 6.72. The van der Waals surface area contributed by atoms with Gasteiger partial charge in [0.05, 0.1) is 22.3 Å². The van der Waals surface area contributed by atoms with E-state index in [2.05, 4.69) is 5.32 Å². The Morgan fingerprint density at radius 3 is 2.00 bits per heavy atom. The molecular formula is C21H20BF6NO3. The predicted octanol–water partition coefficient (Wildman–Crippen LogP) is 5.28. The van der Waals surface area contributed by atoms with Crippen molar-refractivity contribution in [3.8, 4) is 0 Å². The second kappa shape index (κ2) is 7.81. The third-order valence-electron chi connectivity index (χ3n) is 5.57. The Bertz CT molecular complexity index is 1020. The van der Waals surface area contributed by atoms with Crippen LogP contribution in [0.15, 0.2) is 42.5 Å². The summed E-state index contributed by atoms with van der Waals surface area (Å²) in [5.41, 5.74) is -4.53. The summed E-state index contributed by atoms with van der Waals surface area (Å²) in [5, 5.41) is 2.34. The Balaban J connectivity index is 1.94. The molecule has 2 aromatic carbocycles. The fraction of sp³-hybridized carbons (Fsp3) is 0.381. The maximum atomic E-state index is 13.6. The minimum absolute atomic E-state index is 0.0508. The van der Waals surface area contributed by atoms with Gasteiger partial charge in [0.1, 0.15) is 0 Å². The van der Waals surface area contributed by atoms with E-state index in [1.807, 2.05) is 0 Å². The molecule has 1 N–H and O–H groups in total. The average molecular weight is 459 g/mol. The molecule has 0 atom stereocenters. The third kappa shape index (κ3) is 4.78. The van der Waals surface area contributed by atoms with Crippen LogP contribution in [-0.4, -0.2) is 24.2 Å². The number of anilines is 1. The summed E-state index contributed by atoms with van der Waals surface area (Å²) in [6, 6.07) is 6.55. The number of nitrogens with one attached hydrogen (secondary N) is 1. The molecule has 172 valence electrons. The smallest absolute Gasteiger partial charge is 0.399 e. The van der Waals surface area contributed by atoms with Crippen LogP contribution in [0.25, 0.3) is 0 Å². The number of hydrogen-bond donors (Lipinski definition) is 1. The lowest BCUT2D eigenvalue weighted by molar-refractivity contribution is -0.138. The fourth-order valence-corrected chi connectivity index (χ4v) is 3.10. The molecule has 11 heteroatoms. The van der Waals surface area contributed by atoms with Gasteiger partial charge >= 0.3 is 19.5 Å². The van der Waals surface area contributed by atoms with Gasteiger partial charge in [0, 0.05) is 11.3 Å². The summed E-state index contributed by atoms with van der Waals surface area (Å²) in [4.78, 5) is 12.5. The average Bonchev–Trinajstić information content (AvgIpc) is 2.87. The molecule has 0 aromatic heterocycles. The van der Waals surface area contributed by atoms with Crippen molar-refractivity contribution < 1.29 is 40.4 Å². The minimum atomic E-state index is -4.72. The molecule has 4 nitrogen and oxygen atoms in total. The molecule has 2 aromatic rings. The first-order valence-corrected chi connectivity index (χ1v) is 9.57. The predicted molar refractivity (Wildman–Crippen MR) is 107 cm³/mol. The number of carbonyl (C=O) groups is 1. The first kappa shape index (κ1) is 24.1. The molecule has 1 aliphatic rings. The normalized spacial score (nSPS) is 18.0. The molecular weight excluding hydrogens is 439 g/mol. The number of amides is 1. The molecule has 0 unspecified atom stereocenters. The summed E-state index contributed by atoms with van der Waals surface area (Å²) in [6.07, 6.45) is -9.36. The van der Waals surface area contributed by atoms with Crippen molar-refractivity contribution in [2.24, 2.45) is 0 Å². The van der Waals surface area contributed by atoms with Gasteiger partial charge in [-0.15, -0.1) is 0 Å². The molecule has 1 amide bonds. The van der Waals surface area contributed by atoms with Crippen molar-refractivity contribution in [3.63, 3.8) is 0 Å². The molecule has 1 heterocycles. The van der Waals surface area contributed by atoms with Gasteiger partial charge in [-0.1, -0.05) is 6.07 Å². The lowest BCUT2D eigenvalue weighted by Gasteiger charge is -2.32. The molecule has 0 radical (unpaired) electrons. The summed E-state index contributed by atoms with van der Waals surface area (Å²) < 4.78 is 90.9. The topological polar surface area (TPSA) is 47.6 Å². The number of benzene rings is 2. The number of carbonyl (C=O) groups excluding carboxylic acids is 1. The van der Waals surface area contributed by atoms with Crippen LogP contribution in [0.4, 0.5) is 32.0 Å². The number of halogens is 6. The molecule has 1 fully saturated rings. The minimum Gasteiger partial charge on any atom is -0.399 e.